The molecule has 0 aromatic heterocycles. The summed E-state index contributed by atoms with van der Waals surface area (Å²) < 4.78 is 0. The van der Waals surface area contributed by atoms with Gasteiger partial charge in [0.2, 0.25) is 0 Å². The zero-order valence-corrected chi connectivity index (χ0v) is 12.6. The molecule has 2 spiro atoms. The van der Waals surface area contributed by atoms with Gasteiger partial charge in [-0.05, 0) is 58.0 Å². The van der Waals surface area contributed by atoms with Gasteiger partial charge in [-0.15, -0.1) is 0 Å². The molecule has 3 fully saturated rings. The van der Waals surface area contributed by atoms with Crippen LogP contribution >= 0.6 is 0 Å². The minimum atomic E-state index is 0.0103. The van der Waals surface area contributed by atoms with Gasteiger partial charge in [0, 0.05) is 16.9 Å². The number of nitrogens with zero attached hydrogens (tertiary/aromatic N) is 1. The summed E-state index contributed by atoms with van der Waals surface area (Å²) >= 11 is 0. The maximum absolute atomic E-state index is 13.2. The van der Waals surface area contributed by atoms with Gasteiger partial charge in [0.05, 0.1) is 0 Å². The third-order valence-corrected chi connectivity index (χ3v) is 6.61. The normalized spacial score (nSPS) is 40.4. The first-order valence-corrected chi connectivity index (χ1v) is 8.74. The smallest absolute Gasteiger partial charge is 0.148 e. The molecule has 0 aromatic rings. The monoisotopic (exact) mass is 273 g/mol. The molecular weight excluding hydrogens is 246 g/mol. The molecule has 3 aliphatic carbocycles. The van der Waals surface area contributed by atoms with Crippen LogP contribution in [0.3, 0.4) is 0 Å². The van der Waals surface area contributed by atoms with Crippen LogP contribution in [0.15, 0.2) is 12.2 Å². The van der Waals surface area contributed by atoms with E-state index in [0.29, 0.717) is 11.8 Å². The molecule has 20 heavy (non-hydrogen) atoms. The Balaban J connectivity index is 1.69. The van der Waals surface area contributed by atoms with Crippen molar-refractivity contribution < 1.29 is 4.79 Å². The Bertz CT molecular complexity index is 429. The van der Waals surface area contributed by atoms with Crippen LogP contribution in [-0.4, -0.2) is 29.8 Å². The number of allylic oxidation sites excluding steroid dienone is 2. The van der Waals surface area contributed by atoms with Crippen molar-refractivity contribution in [2.75, 3.05) is 13.1 Å². The van der Waals surface area contributed by atoms with E-state index in [1.165, 1.54) is 58.0 Å². The van der Waals surface area contributed by atoms with Gasteiger partial charge in [-0.3, -0.25) is 9.69 Å². The molecule has 1 aliphatic heterocycles. The van der Waals surface area contributed by atoms with Crippen LogP contribution in [0.2, 0.25) is 0 Å². The van der Waals surface area contributed by atoms with Gasteiger partial charge in [-0.25, -0.2) is 0 Å². The highest BCUT2D eigenvalue weighted by molar-refractivity contribution is 5.99. The van der Waals surface area contributed by atoms with Crippen LogP contribution in [0.4, 0.5) is 0 Å². The van der Waals surface area contributed by atoms with E-state index >= 15 is 0 Å². The van der Waals surface area contributed by atoms with Crippen LogP contribution < -0.4 is 0 Å². The van der Waals surface area contributed by atoms with Crippen LogP contribution in [0.25, 0.3) is 0 Å². The first-order valence-electron chi connectivity index (χ1n) is 8.74. The van der Waals surface area contributed by atoms with E-state index in [0.717, 1.165) is 19.3 Å². The highest BCUT2D eigenvalue weighted by Gasteiger charge is 2.70. The molecule has 2 heteroatoms. The second kappa shape index (κ2) is 4.69. The van der Waals surface area contributed by atoms with E-state index in [4.69, 9.17) is 0 Å². The van der Waals surface area contributed by atoms with Crippen molar-refractivity contribution in [2.45, 2.75) is 70.3 Å². The highest BCUT2D eigenvalue weighted by Crippen LogP contribution is 2.64. The number of hydrogen-bond donors (Lipinski definition) is 0. The maximum Gasteiger partial charge on any atom is 0.148 e. The van der Waals surface area contributed by atoms with Gasteiger partial charge in [0.25, 0.3) is 0 Å². The summed E-state index contributed by atoms with van der Waals surface area (Å²) in [5, 5.41) is 0. The zero-order valence-electron chi connectivity index (χ0n) is 12.6. The van der Waals surface area contributed by atoms with E-state index in [1.807, 2.05) is 0 Å². The lowest BCUT2D eigenvalue weighted by Gasteiger charge is -2.66. The van der Waals surface area contributed by atoms with Gasteiger partial charge >= 0.3 is 0 Å². The van der Waals surface area contributed by atoms with Gasteiger partial charge in [-0.2, -0.15) is 0 Å². The van der Waals surface area contributed by atoms with Gasteiger partial charge in [-0.1, -0.05) is 31.4 Å². The molecule has 4 rings (SSSR count). The third-order valence-electron chi connectivity index (χ3n) is 6.61. The second-order valence-corrected chi connectivity index (χ2v) is 7.56. The molecule has 2 saturated carbocycles. The maximum atomic E-state index is 13.2. The minimum Gasteiger partial charge on any atom is -0.298 e. The average Bonchev–Trinajstić information content (AvgIpc) is 3.02. The summed E-state index contributed by atoms with van der Waals surface area (Å²) in [6, 6.07) is 0.579. The Labute approximate surface area is 122 Å². The first kappa shape index (κ1) is 13.1. The van der Waals surface area contributed by atoms with E-state index in [-0.39, 0.29) is 10.8 Å². The SMILES string of the molecule is O=C1C2(CCCCC2)[C@@H](N2CCCC2)[C@@]12CC=CCC2. The summed E-state index contributed by atoms with van der Waals surface area (Å²) in [6.07, 6.45) is 16.8. The summed E-state index contributed by atoms with van der Waals surface area (Å²) in [4.78, 5) is 15.9. The second-order valence-electron chi connectivity index (χ2n) is 7.56. The Kier molecular flexibility index (Phi) is 3.06. The molecule has 1 saturated heterocycles. The van der Waals surface area contributed by atoms with E-state index < -0.39 is 0 Å². The molecule has 4 aliphatic rings. The lowest BCUT2D eigenvalue weighted by molar-refractivity contribution is -0.187. The third kappa shape index (κ3) is 1.57. The molecule has 0 aromatic carbocycles. The van der Waals surface area contributed by atoms with Crippen molar-refractivity contribution in [3.8, 4) is 0 Å². The number of hydrogen-bond acceptors (Lipinski definition) is 2. The fourth-order valence-electron chi connectivity index (χ4n) is 5.89. The standard InChI is InChI=1S/C18H27NO/c20-16-17(9-3-1-4-10-17)15(19-13-7-8-14-19)18(16)11-5-2-6-12-18/h1,3,15H,2,4-14H2/t15-,17-/m0/s1. The van der Waals surface area contributed by atoms with Crippen molar-refractivity contribution in [2.24, 2.45) is 10.8 Å². The van der Waals surface area contributed by atoms with E-state index in [2.05, 4.69) is 17.1 Å². The van der Waals surface area contributed by atoms with Crippen LogP contribution in [0.5, 0.6) is 0 Å². The summed E-state index contributed by atoms with van der Waals surface area (Å²) in [5.74, 6) is 0.658. The molecule has 0 N–H and O–H groups in total. The Hall–Kier alpha value is -0.630. The molecule has 1 heterocycles. The molecule has 110 valence electrons. The van der Waals surface area contributed by atoms with Gasteiger partial charge in [0.15, 0.2) is 0 Å². The number of likely N-dealkylation sites (tertiary alicyclic amines) is 1. The van der Waals surface area contributed by atoms with Gasteiger partial charge < -0.3 is 0 Å². The lowest BCUT2D eigenvalue weighted by atomic mass is 9.41. The fourth-order valence-corrected chi connectivity index (χ4v) is 5.89. The zero-order chi connectivity index (χ0) is 13.6. The number of rotatable bonds is 1. The van der Waals surface area contributed by atoms with E-state index in [1.54, 1.807) is 0 Å². The molecule has 0 amide bonds. The molecule has 0 bridgehead atoms. The average molecular weight is 273 g/mol. The number of ketones is 1. The predicted molar refractivity (Wildman–Crippen MR) is 80.5 cm³/mol. The Morgan fingerprint density at radius 2 is 1.65 bits per heavy atom. The van der Waals surface area contributed by atoms with Crippen molar-refractivity contribution >= 4 is 5.78 Å². The summed E-state index contributed by atoms with van der Waals surface area (Å²) in [5.41, 5.74) is 0.0736. The number of carbonyl (C=O) groups is 1. The van der Waals surface area contributed by atoms with Crippen molar-refractivity contribution in [3.63, 3.8) is 0 Å². The molecule has 0 unspecified atom stereocenters. The molecular formula is C18H27NO. The summed E-state index contributed by atoms with van der Waals surface area (Å²) in [6.45, 7) is 2.48. The highest BCUT2D eigenvalue weighted by atomic mass is 16.1. The van der Waals surface area contributed by atoms with Crippen LogP contribution in [0, 0.1) is 10.8 Å². The van der Waals surface area contributed by atoms with Crippen molar-refractivity contribution in [1.29, 1.82) is 0 Å². The van der Waals surface area contributed by atoms with Crippen LogP contribution in [-0.2, 0) is 4.79 Å². The topological polar surface area (TPSA) is 20.3 Å². The number of carbonyl (C=O) groups excluding carboxylic acids is 1. The van der Waals surface area contributed by atoms with Crippen LogP contribution in [0.1, 0.15) is 64.2 Å². The molecule has 2 nitrogen and oxygen atoms in total. The fraction of sp³-hybridized carbons (Fsp3) is 0.833. The summed E-state index contributed by atoms with van der Waals surface area (Å²) in [7, 11) is 0. The van der Waals surface area contributed by atoms with Crippen molar-refractivity contribution in [3.05, 3.63) is 12.2 Å². The number of Topliss-reactive ketones (excluding diaryl/α,β-unsaturated/α-hetero) is 1. The molecule has 0 radical (unpaired) electrons. The first-order chi connectivity index (χ1) is 9.80. The quantitative estimate of drug-likeness (QED) is 0.679. The largest absolute Gasteiger partial charge is 0.298 e. The Morgan fingerprint density at radius 3 is 2.30 bits per heavy atom. The van der Waals surface area contributed by atoms with E-state index in [9.17, 15) is 4.79 Å². The molecule has 2 atom stereocenters. The van der Waals surface area contributed by atoms with Crippen molar-refractivity contribution in [1.82, 2.24) is 4.90 Å². The van der Waals surface area contributed by atoms with Gasteiger partial charge in [0.1, 0.15) is 5.78 Å². The predicted octanol–water partition coefficient (Wildman–Crippen LogP) is 3.71. The Morgan fingerprint density at radius 1 is 0.900 bits per heavy atom. The lowest BCUT2D eigenvalue weighted by Crippen LogP contribution is -2.75. The minimum absolute atomic E-state index is 0.0103.